The molecule has 0 saturated carbocycles. The number of halogens is 2. The quantitative estimate of drug-likeness (QED) is 0.766. The predicted octanol–water partition coefficient (Wildman–Crippen LogP) is 3.39. The number of hydrogen-bond donors (Lipinski definition) is 0. The summed E-state index contributed by atoms with van der Waals surface area (Å²) in [6, 6.07) is 10.1. The average Bonchev–Trinajstić information content (AvgIpc) is 2.53. The molecule has 2 rings (SSSR count). The Kier molecular flexibility index (Phi) is 5.86. The number of hydrogen-bond acceptors (Lipinski definition) is 4. The fourth-order valence-electron chi connectivity index (χ4n) is 1.82. The highest BCUT2D eigenvalue weighted by Crippen LogP contribution is 2.11. The highest BCUT2D eigenvalue weighted by molar-refractivity contribution is 8.10. The van der Waals surface area contributed by atoms with Crippen molar-refractivity contribution in [3.63, 3.8) is 0 Å². The van der Waals surface area contributed by atoms with Crippen molar-refractivity contribution in [2.24, 2.45) is 0 Å². The van der Waals surface area contributed by atoms with Gasteiger partial charge in [-0.1, -0.05) is 24.3 Å². The van der Waals surface area contributed by atoms with Gasteiger partial charge in [-0.3, -0.25) is 0 Å². The summed E-state index contributed by atoms with van der Waals surface area (Å²) in [7, 11) is -8.06. The summed E-state index contributed by atoms with van der Waals surface area (Å²) in [5.74, 6) is -0.929. The first-order valence-corrected chi connectivity index (χ1v) is 10.4. The van der Waals surface area contributed by atoms with E-state index in [1.54, 1.807) is 0 Å². The summed E-state index contributed by atoms with van der Waals surface area (Å²) in [5.41, 5.74) is 0.841. The topological polar surface area (TPSA) is 68.3 Å². The molecule has 0 N–H and O–H groups in total. The number of rotatable bonds is 6. The van der Waals surface area contributed by atoms with Crippen molar-refractivity contribution in [2.45, 2.75) is 0 Å². The van der Waals surface area contributed by atoms with Crippen molar-refractivity contribution in [2.75, 3.05) is 5.08 Å². The zero-order valence-electron chi connectivity index (χ0n) is 12.8. The molecule has 0 aliphatic rings. The largest absolute Gasteiger partial charge is 0.223 e. The molecule has 0 bridgehead atoms. The van der Waals surface area contributed by atoms with E-state index in [-0.39, 0.29) is 0 Å². The van der Waals surface area contributed by atoms with Gasteiger partial charge in [-0.25, -0.2) is 25.6 Å². The molecule has 0 saturated heterocycles. The maximum atomic E-state index is 12.8. The first-order chi connectivity index (χ1) is 11.7. The smallest absolute Gasteiger partial charge is 0.186 e. The maximum absolute atomic E-state index is 12.8. The van der Waals surface area contributed by atoms with Crippen molar-refractivity contribution >= 4 is 31.8 Å². The lowest BCUT2D eigenvalue weighted by Crippen LogP contribution is -2.11. The average molecular weight is 384 g/mol. The van der Waals surface area contributed by atoms with Gasteiger partial charge in [0.25, 0.3) is 0 Å². The standard InChI is InChI=1S/C17H14F2O4S2/c18-16-5-1-14(2-6-16)9-11-24(20,21)13-25(22,23)12-10-15-3-7-17(19)8-4-15/h1-12H,13H2/b11-9+,12-10+. The molecule has 4 nitrogen and oxygen atoms in total. The Morgan fingerprint density at radius 2 is 0.960 bits per heavy atom. The van der Waals surface area contributed by atoms with Crippen molar-refractivity contribution in [1.82, 2.24) is 0 Å². The zero-order valence-corrected chi connectivity index (χ0v) is 14.5. The SMILES string of the molecule is O=S(=O)(/C=C/c1ccc(F)cc1)CS(=O)(=O)/C=C/c1ccc(F)cc1. The van der Waals surface area contributed by atoms with Crippen LogP contribution in [0.5, 0.6) is 0 Å². The van der Waals surface area contributed by atoms with Crippen LogP contribution in [0.3, 0.4) is 0 Å². The molecule has 0 aromatic heterocycles. The highest BCUT2D eigenvalue weighted by Gasteiger charge is 2.17. The monoisotopic (exact) mass is 384 g/mol. The minimum absolute atomic E-state index is 0.421. The Bertz CT molecular complexity index is 906. The molecule has 0 amide bonds. The van der Waals surface area contributed by atoms with Crippen LogP contribution >= 0.6 is 0 Å². The number of sulfone groups is 2. The van der Waals surface area contributed by atoms with Crippen LogP contribution in [0.15, 0.2) is 59.3 Å². The summed E-state index contributed by atoms with van der Waals surface area (Å²) in [4.78, 5) is 0. The zero-order chi connectivity index (χ0) is 18.5. The molecule has 0 aliphatic carbocycles. The normalized spacial score (nSPS) is 12.9. The Labute approximate surface area is 145 Å². The second-order valence-electron chi connectivity index (χ2n) is 5.15. The van der Waals surface area contributed by atoms with Gasteiger partial charge in [0, 0.05) is 10.8 Å². The van der Waals surface area contributed by atoms with E-state index in [2.05, 4.69) is 0 Å². The van der Waals surface area contributed by atoms with Gasteiger partial charge in [-0.15, -0.1) is 0 Å². The Hall–Kier alpha value is -2.32. The minimum Gasteiger partial charge on any atom is -0.223 e. The minimum atomic E-state index is -4.03. The van der Waals surface area contributed by atoms with Crippen LogP contribution in [0.4, 0.5) is 8.78 Å². The molecule has 0 unspecified atom stereocenters. The van der Waals surface area contributed by atoms with Gasteiger partial charge in [-0.2, -0.15) is 0 Å². The molecule has 132 valence electrons. The molecule has 0 heterocycles. The first kappa shape index (κ1) is 19.0. The van der Waals surface area contributed by atoms with E-state index in [0.717, 1.165) is 35.1 Å². The molecule has 0 aliphatic heterocycles. The highest BCUT2D eigenvalue weighted by atomic mass is 32.3. The third kappa shape index (κ3) is 6.60. The molecule has 2 aromatic carbocycles. The molecule has 0 fully saturated rings. The van der Waals surface area contributed by atoms with E-state index >= 15 is 0 Å². The van der Waals surface area contributed by atoms with Gasteiger partial charge in [0.15, 0.2) is 24.8 Å². The van der Waals surface area contributed by atoms with E-state index in [0.29, 0.717) is 11.1 Å². The molecule has 8 heteroatoms. The third-order valence-corrected chi connectivity index (χ3v) is 6.73. The molecule has 0 radical (unpaired) electrons. The van der Waals surface area contributed by atoms with Gasteiger partial charge in [0.1, 0.15) is 11.6 Å². The third-order valence-electron chi connectivity index (χ3n) is 3.00. The van der Waals surface area contributed by atoms with E-state index in [1.807, 2.05) is 0 Å². The van der Waals surface area contributed by atoms with Gasteiger partial charge in [0.05, 0.1) is 0 Å². The van der Waals surface area contributed by atoms with Crippen LogP contribution in [0.25, 0.3) is 12.2 Å². The van der Waals surface area contributed by atoms with Crippen LogP contribution < -0.4 is 0 Å². The molecular formula is C17H14F2O4S2. The lowest BCUT2D eigenvalue weighted by Gasteiger charge is -1.99. The Balaban J connectivity index is 2.09. The van der Waals surface area contributed by atoms with E-state index in [1.165, 1.54) is 36.4 Å². The predicted molar refractivity (Wildman–Crippen MR) is 93.6 cm³/mol. The van der Waals surface area contributed by atoms with Gasteiger partial charge in [-0.05, 0) is 47.5 Å². The molecule has 25 heavy (non-hydrogen) atoms. The van der Waals surface area contributed by atoms with Crippen LogP contribution in [0, 0.1) is 11.6 Å². The second kappa shape index (κ2) is 7.71. The van der Waals surface area contributed by atoms with E-state index < -0.39 is 36.4 Å². The summed E-state index contributed by atoms with van der Waals surface area (Å²) >= 11 is 0. The van der Waals surface area contributed by atoms with Gasteiger partial charge >= 0.3 is 0 Å². The molecule has 2 aromatic rings. The van der Waals surface area contributed by atoms with Crippen molar-refractivity contribution in [3.8, 4) is 0 Å². The van der Waals surface area contributed by atoms with Crippen molar-refractivity contribution in [1.29, 1.82) is 0 Å². The molecule has 0 spiro atoms. The summed E-state index contributed by atoms with van der Waals surface area (Å²) in [6.45, 7) is 0. The first-order valence-electron chi connectivity index (χ1n) is 6.98. The Morgan fingerprint density at radius 1 is 0.640 bits per heavy atom. The van der Waals surface area contributed by atoms with Crippen LogP contribution in [0.2, 0.25) is 0 Å². The number of benzene rings is 2. The lowest BCUT2D eigenvalue weighted by molar-refractivity contribution is 0.598. The van der Waals surface area contributed by atoms with E-state index in [9.17, 15) is 25.6 Å². The van der Waals surface area contributed by atoms with Crippen LogP contribution in [0.1, 0.15) is 11.1 Å². The fraction of sp³-hybridized carbons (Fsp3) is 0.0588. The van der Waals surface area contributed by atoms with Crippen molar-refractivity contribution in [3.05, 3.63) is 82.1 Å². The summed E-state index contributed by atoms with van der Waals surface area (Å²) < 4.78 is 73.2. The second-order valence-corrected chi connectivity index (χ2v) is 9.29. The van der Waals surface area contributed by atoms with Crippen LogP contribution in [-0.4, -0.2) is 21.9 Å². The Morgan fingerprint density at radius 3 is 1.28 bits per heavy atom. The van der Waals surface area contributed by atoms with E-state index in [4.69, 9.17) is 0 Å². The van der Waals surface area contributed by atoms with Gasteiger partial charge in [0.2, 0.25) is 0 Å². The van der Waals surface area contributed by atoms with Crippen LogP contribution in [-0.2, 0) is 19.7 Å². The van der Waals surface area contributed by atoms with Gasteiger partial charge < -0.3 is 0 Å². The molecular weight excluding hydrogens is 370 g/mol. The lowest BCUT2D eigenvalue weighted by atomic mass is 10.2. The fourth-order valence-corrected chi connectivity index (χ4v) is 5.01. The van der Waals surface area contributed by atoms with Crippen molar-refractivity contribution < 1.29 is 25.6 Å². The summed E-state index contributed by atoms with van der Waals surface area (Å²) in [5, 5.41) is 0.433. The maximum Gasteiger partial charge on any atom is 0.186 e. The molecule has 0 atom stereocenters. The summed E-state index contributed by atoms with van der Waals surface area (Å²) in [6.07, 6.45) is 2.38.